The van der Waals surface area contributed by atoms with Gasteiger partial charge in [0, 0.05) is 11.8 Å². The quantitative estimate of drug-likeness (QED) is 0.857. The maximum atomic E-state index is 12.0. The molecule has 0 spiro atoms. The number of alkyl halides is 3. The van der Waals surface area contributed by atoms with Gasteiger partial charge in [0.2, 0.25) is 0 Å². The maximum absolute atomic E-state index is 12.0. The minimum Gasteiger partial charge on any atom is -0.367 e. The molecule has 8 heteroatoms. The Labute approximate surface area is 114 Å². The van der Waals surface area contributed by atoms with E-state index in [1.54, 1.807) is 6.92 Å². The highest BCUT2D eigenvalue weighted by atomic mass is 35.5. The molecule has 1 aromatic rings. The first-order valence-electron chi connectivity index (χ1n) is 5.15. The molecule has 1 aromatic carbocycles. The zero-order valence-electron chi connectivity index (χ0n) is 10.2. The number of ether oxygens (including phenoxy) is 1. The molecule has 0 heterocycles. The number of halogens is 4. The molecule has 0 N–H and O–H groups in total. The highest BCUT2D eigenvalue weighted by molar-refractivity contribution is 7.90. The number of hydrogen-bond donors (Lipinski definition) is 0. The molecular formula is C11H12ClF3O3S. The van der Waals surface area contributed by atoms with E-state index in [-0.39, 0.29) is 15.5 Å². The van der Waals surface area contributed by atoms with E-state index in [9.17, 15) is 21.6 Å². The average molecular weight is 317 g/mol. The lowest BCUT2D eigenvalue weighted by Gasteiger charge is -2.13. The fourth-order valence-corrected chi connectivity index (χ4v) is 2.67. The number of rotatable bonds is 4. The van der Waals surface area contributed by atoms with Gasteiger partial charge in [-0.25, -0.2) is 8.42 Å². The number of benzene rings is 1. The van der Waals surface area contributed by atoms with Crippen LogP contribution in [0, 0.1) is 6.92 Å². The van der Waals surface area contributed by atoms with E-state index < -0.39 is 29.2 Å². The van der Waals surface area contributed by atoms with Crippen molar-refractivity contribution in [2.75, 3.05) is 12.9 Å². The van der Waals surface area contributed by atoms with Crippen molar-refractivity contribution in [3.05, 3.63) is 28.3 Å². The molecule has 0 aromatic heterocycles. The van der Waals surface area contributed by atoms with E-state index in [0.717, 1.165) is 6.26 Å². The standard InChI is InChI=1S/C11H12ClF3O3S/c1-7-3-4-9(19(2,16)17)8(10(7)12)5-18-6-11(13,14)15/h3-4H,5-6H2,1-2H3. The van der Waals surface area contributed by atoms with Crippen LogP contribution < -0.4 is 0 Å². The van der Waals surface area contributed by atoms with Crippen LogP contribution in [-0.2, 0) is 21.2 Å². The van der Waals surface area contributed by atoms with Gasteiger partial charge in [-0.05, 0) is 18.6 Å². The van der Waals surface area contributed by atoms with Crippen molar-refractivity contribution in [1.29, 1.82) is 0 Å². The molecule has 0 saturated heterocycles. The SMILES string of the molecule is Cc1ccc(S(C)(=O)=O)c(COCC(F)(F)F)c1Cl. The Morgan fingerprint density at radius 1 is 1.32 bits per heavy atom. The predicted molar refractivity (Wildman–Crippen MR) is 65.0 cm³/mol. The van der Waals surface area contributed by atoms with E-state index in [0.29, 0.717) is 5.56 Å². The summed E-state index contributed by atoms with van der Waals surface area (Å²) in [7, 11) is -3.58. The van der Waals surface area contributed by atoms with Gasteiger partial charge in [-0.2, -0.15) is 13.2 Å². The van der Waals surface area contributed by atoms with Gasteiger partial charge in [0.05, 0.1) is 16.5 Å². The zero-order valence-corrected chi connectivity index (χ0v) is 11.8. The van der Waals surface area contributed by atoms with Crippen LogP contribution in [0.1, 0.15) is 11.1 Å². The Hall–Kier alpha value is -0.790. The summed E-state index contributed by atoms with van der Waals surface area (Å²) in [6.07, 6.45) is -3.51. The van der Waals surface area contributed by atoms with Crippen molar-refractivity contribution in [3.63, 3.8) is 0 Å². The summed E-state index contributed by atoms with van der Waals surface area (Å²) in [6.45, 7) is -0.343. The molecule has 0 unspecified atom stereocenters. The molecule has 1 rings (SSSR count). The van der Waals surface area contributed by atoms with Crippen molar-refractivity contribution in [2.24, 2.45) is 0 Å². The van der Waals surface area contributed by atoms with Crippen LogP contribution >= 0.6 is 11.6 Å². The fourth-order valence-electron chi connectivity index (χ4n) is 1.47. The van der Waals surface area contributed by atoms with E-state index >= 15 is 0 Å². The van der Waals surface area contributed by atoms with Gasteiger partial charge in [-0.15, -0.1) is 0 Å². The molecule has 0 aliphatic carbocycles. The van der Waals surface area contributed by atoms with Crippen LogP contribution in [0.15, 0.2) is 17.0 Å². The number of sulfone groups is 1. The summed E-state index contributed by atoms with van der Waals surface area (Å²) >= 11 is 5.93. The molecule has 0 amide bonds. The molecule has 0 saturated carbocycles. The van der Waals surface area contributed by atoms with E-state index in [1.807, 2.05) is 0 Å². The van der Waals surface area contributed by atoms with Gasteiger partial charge >= 0.3 is 6.18 Å². The molecule has 0 bridgehead atoms. The lowest BCUT2D eigenvalue weighted by molar-refractivity contribution is -0.176. The summed E-state index contributed by atoms with van der Waals surface area (Å²) in [4.78, 5) is -0.120. The lowest BCUT2D eigenvalue weighted by Crippen LogP contribution is -2.17. The third kappa shape index (κ3) is 4.67. The highest BCUT2D eigenvalue weighted by Crippen LogP contribution is 2.28. The second-order valence-electron chi connectivity index (χ2n) is 4.05. The Balaban J connectivity index is 3.07. The summed E-state index contributed by atoms with van der Waals surface area (Å²) < 4.78 is 63.6. The molecule has 0 radical (unpaired) electrons. The van der Waals surface area contributed by atoms with Gasteiger partial charge in [-0.3, -0.25) is 0 Å². The van der Waals surface area contributed by atoms with Crippen LogP contribution in [0.5, 0.6) is 0 Å². The monoisotopic (exact) mass is 316 g/mol. The summed E-state index contributed by atoms with van der Waals surface area (Å²) in [5, 5.41) is 0.102. The van der Waals surface area contributed by atoms with E-state index in [2.05, 4.69) is 4.74 Å². The molecular weight excluding hydrogens is 305 g/mol. The molecule has 0 atom stereocenters. The largest absolute Gasteiger partial charge is 0.411 e. The minimum atomic E-state index is -4.47. The van der Waals surface area contributed by atoms with Gasteiger partial charge < -0.3 is 4.74 Å². The van der Waals surface area contributed by atoms with E-state index in [1.165, 1.54) is 12.1 Å². The van der Waals surface area contributed by atoms with Crippen molar-refractivity contribution in [3.8, 4) is 0 Å². The summed E-state index contributed by atoms with van der Waals surface area (Å²) in [5.41, 5.74) is 0.619. The fraction of sp³-hybridized carbons (Fsp3) is 0.455. The van der Waals surface area contributed by atoms with Crippen LogP contribution in [0.25, 0.3) is 0 Å². The first-order valence-corrected chi connectivity index (χ1v) is 7.42. The maximum Gasteiger partial charge on any atom is 0.411 e. The molecule has 0 aliphatic heterocycles. The molecule has 19 heavy (non-hydrogen) atoms. The Bertz CT molecular complexity index is 567. The van der Waals surface area contributed by atoms with Crippen molar-refractivity contribution in [1.82, 2.24) is 0 Å². The molecule has 108 valence electrons. The number of aryl methyl sites for hydroxylation is 1. The number of hydrogen-bond acceptors (Lipinski definition) is 3. The predicted octanol–water partition coefficient (Wildman–Crippen LogP) is 3.13. The minimum absolute atomic E-state index is 0.0495. The van der Waals surface area contributed by atoms with Crippen LogP contribution in [0.2, 0.25) is 5.02 Å². The van der Waals surface area contributed by atoms with Crippen molar-refractivity contribution in [2.45, 2.75) is 24.6 Å². The normalized spacial score (nSPS) is 12.7. The Morgan fingerprint density at radius 3 is 2.37 bits per heavy atom. The van der Waals surface area contributed by atoms with E-state index in [4.69, 9.17) is 11.6 Å². The van der Waals surface area contributed by atoms with Crippen molar-refractivity contribution >= 4 is 21.4 Å². The topological polar surface area (TPSA) is 43.4 Å². The average Bonchev–Trinajstić information content (AvgIpc) is 2.20. The zero-order chi connectivity index (χ0) is 14.8. The molecule has 0 aliphatic rings. The Kier molecular flexibility index (Phi) is 4.86. The third-order valence-corrected chi connectivity index (χ3v) is 4.01. The molecule has 3 nitrogen and oxygen atoms in total. The Morgan fingerprint density at radius 2 is 1.89 bits per heavy atom. The van der Waals surface area contributed by atoms with Crippen LogP contribution in [0.3, 0.4) is 0 Å². The van der Waals surface area contributed by atoms with Crippen LogP contribution in [0.4, 0.5) is 13.2 Å². The smallest absolute Gasteiger partial charge is 0.367 e. The third-order valence-electron chi connectivity index (χ3n) is 2.30. The van der Waals surface area contributed by atoms with Gasteiger partial charge in [0.15, 0.2) is 9.84 Å². The summed E-state index contributed by atoms with van der Waals surface area (Å²) in [6, 6.07) is 2.80. The second kappa shape index (κ2) is 5.68. The van der Waals surface area contributed by atoms with Gasteiger partial charge in [-0.1, -0.05) is 17.7 Å². The van der Waals surface area contributed by atoms with Crippen LogP contribution in [-0.4, -0.2) is 27.5 Å². The highest BCUT2D eigenvalue weighted by Gasteiger charge is 2.28. The summed E-state index contributed by atoms with van der Waals surface area (Å²) in [5.74, 6) is 0. The first kappa shape index (κ1) is 16.3. The first-order chi connectivity index (χ1) is 8.52. The van der Waals surface area contributed by atoms with Gasteiger partial charge in [0.25, 0.3) is 0 Å². The second-order valence-corrected chi connectivity index (χ2v) is 6.42. The lowest BCUT2D eigenvalue weighted by atomic mass is 10.1. The van der Waals surface area contributed by atoms with Gasteiger partial charge in [0.1, 0.15) is 6.61 Å². The van der Waals surface area contributed by atoms with Crippen molar-refractivity contribution < 1.29 is 26.3 Å². The molecule has 0 fully saturated rings.